The van der Waals surface area contributed by atoms with Crippen molar-refractivity contribution in [1.82, 2.24) is 4.98 Å². The number of pyridine rings is 1. The van der Waals surface area contributed by atoms with E-state index in [1.807, 2.05) is 0 Å². The molecule has 0 N–H and O–H groups in total. The van der Waals surface area contributed by atoms with Gasteiger partial charge in [-0.2, -0.15) is 0 Å². The number of rotatable bonds is 3. The number of halogens is 4. The van der Waals surface area contributed by atoms with E-state index < -0.39 is 22.8 Å². The molecule has 2 aromatic rings. The summed E-state index contributed by atoms with van der Waals surface area (Å²) in [5.41, 5.74) is 0.892. The van der Waals surface area contributed by atoms with Crippen LogP contribution >= 0.6 is 11.6 Å². The molecular formula is C14H11ClF3N. The van der Waals surface area contributed by atoms with Gasteiger partial charge in [-0.1, -0.05) is 13.0 Å². The molecule has 0 aliphatic rings. The van der Waals surface area contributed by atoms with Crippen LogP contribution in [0.1, 0.15) is 29.5 Å². The van der Waals surface area contributed by atoms with Crippen LogP contribution in [-0.2, 0) is 0 Å². The summed E-state index contributed by atoms with van der Waals surface area (Å²) in [6.45, 7) is 1.79. The minimum Gasteiger partial charge on any atom is -0.261 e. The molecule has 100 valence electrons. The van der Waals surface area contributed by atoms with E-state index in [4.69, 9.17) is 11.6 Å². The van der Waals surface area contributed by atoms with E-state index in [2.05, 4.69) is 4.98 Å². The third-order valence-corrected chi connectivity index (χ3v) is 3.55. The van der Waals surface area contributed by atoms with Crippen molar-refractivity contribution in [1.29, 1.82) is 0 Å². The molecule has 0 fully saturated rings. The molecule has 19 heavy (non-hydrogen) atoms. The highest BCUT2D eigenvalue weighted by atomic mass is 35.5. The summed E-state index contributed by atoms with van der Waals surface area (Å²) in [4.78, 5) is 4.14. The van der Waals surface area contributed by atoms with Gasteiger partial charge < -0.3 is 0 Å². The van der Waals surface area contributed by atoms with Crippen molar-refractivity contribution >= 4 is 11.6 Å². The van der Waals surface area contributed by atoms with Gasteiger partial charge in [0.05, 0.1) is 5.38 Å². The van der Waals surface area contributed by atoms with Gasteiger partial charge in [0, 0.05) is 17.8 Å². The standard InChI is InChI=1S/C14H11ClF3N/c1-8(12-4-2-3-5-19-12)13(15)9-6-10(16)14(18)11(17)7-9/h2-8,13H,1H3. The molecule has 0 spiro atoms. The molecule has 2 unspecified atom stereocenters. The van der Waals surface area contributed by atoms with Crippen molar-refractivity contribution in [3.63, 3.8) is 0 Å². The van der Waals surface area contributed by atoms with Gasteiger partial charge >= 0.3 is 0 Å². The maximum Gasteiger partial charge on any atom is 0.194 e. The molecule has 0 aliphatic carbocycles. The molecule has 1 nitrogen and oxygen atoms in total. The highest BCUT2D eigenvalue weighted by Gasteiger charge is 2.22. The van der Waals surface area contributed by atoms with Gasteiger partial charge in [-0.15, -0.1) is 11.6 Å². The zero-order chi connectivity index (χ0) is 14.0. The fourth-order valence-electron chi connectivity index (χ4n) is 1.82. The Kier molecular flexibility index (Phi) is 4.10. The predicted molar refractivity (Wildman–Crippen MR) is 67.6 cm³/mol. The minimum absolute atomic E-state index is 0.191. The highest BCUT2D eigenvalue weighted by Crippen LogP contribution is 2.36. The van der Waals surface area contributed by atoms with E-state index in [9.17, 15) is 13.2 Å². The molecule has 0 aliphatic heterocycles. The van der Waals surface area contributed by atoms with Crippen LogP contribution in [0.15, 0.2) is 36.5 Å². The zero-order valence-electron chi connectivity index (χ0n) is 10.1. The maximum atomic E-state index is 13.2. The minimum atomic E-state index is -1.49. The topological polar surface area (TPSA) is 12.9 Å². The van der Waals surface area contributed by atoms with Crippen LogP contribution < -0.4 is 0 Å². The third kappa shape index (κ3) is 2.89. The van der Waals surface area contributed by atoms with E-state index in [-0.39, 0.29) is 11.5 Å². The lowest BCUT2D eigenvalue weighted by Gasteiger charge is -2.18. The van der Waals surface area contributed by atoms with Crippen LogP contribution in [-0.4, -0.2) is 4.98 Å². The first-order chi connectivity index (χ1) is 9.00. The lowest BCUT2D eigenvalue weighted by Crippen LogP contribution is -2.06. The quantitative estimate of drug-likeness (QED) is 0.594. The van der Waals surface area contributed by atoms with Crippen LogP contribution in [0.4, 0.5) is 13.2 Å². The third-order valence-electron chi connectivity index (χ3n) is 2.92. The van der Waals surface area contributed by atoms with Gasteiger partial charge in [-0.05, 0) is 29.8 Å². The van der Waals surface area contributed by atoms with Crippen LogP contribution in [0.5, 0.6) is 0 Å². The maximum absolute atomic E-state index is 13.2. The molecule has 0 amide bonds. The first kappa shape index (κ1) is 13.9. The lowest BCUT2D eigenvalue weighted by molar-refractivity contribution is 0.444. The number of nitrogens with zero attached hydrogens (tertiary/aromatic N) is 1. The monoisotopic (exact) mass is 285 g/mol. The van der Waals surface area contributed by atoms with Gasteiger partial charge in [0.15, 0.2) is 17.5 Å². The highest BCUT2D eigenvalue weighted by molar-refractivity contribution is 6.21. The molecule has 2 atom stereocenters. The Hall–Kier alpha value is -1.55. The first-order valence-corrected chi connectivity index (χ1v) is 6.13. The summed E-state index contributed by atoms with van der Waals surface area (Å²) < 4.78 is 39.2. The van der Waals surface area contributed by atoms with Gasteiger partial charge in [-0.25, -0.2) is 13.2 Å². The Morgan fingerprint density at radius 3 is 2.26 bits per heavy atom. The van der Waals surface area contributed by atoms with Crippen LogP contribution in [0.2, 0.25) is 0 Å². The molecule has 5 heteroatoms. The Balaban J connectivity index is 2.32. The molecule has 1 heterocycles. The summed E-state index contributed by atoms with van der Waals surface area (Å²) in [6, 6.07) is 7.16. The fraction of sp³-hybridized carbons (Fsp3) is 0.214. The Morgan fingerprint density at radius 2 is 1.74 bits per heavy atom. The van der Waals surface area contributed by atoms with Crippen molar-refractivity contribution in [2.45, 2.75) is 18.2 Å². The van der Waals surface area contributed by atoms with Gasteiger partial charge in [0.25, 0.3) is 0 Å². The molecule has 1 aromatic carbocycles. The molecule has 0 radical (unpaired) electrons. The summed E-state index contributed by atoms with van der Waals surface area (Å²) in [7, 11) is 0. The predicted octanol–water partition coefficient (Wildman–Crippen LogP) is 4.58. The summed E-state index contributed by atoms with van der Waals surface area (Å²) >= 11 is 6.19. The molecule has 2 rings (SSSR count). The molecular weight excluding hydrogens is 275 g/mol. The summed E-state index contributed by atoms with van der Waals surface area (Å²) in [5, 5.41) is -0.695. The van der Waals surface area contributed by atoms with E-state index >= 15 is 0 Å². The van der Waals surface area contributed by atoms with Gasteiger partial charge in [-0.3, -0.25) is 4.98 Å². The number of benzene rings is 1. The first-order valence-electron chi connectivity index (χ1n) is 5.70. The number of hydrogen-bond donors (Lipinski definition) is 0. The van der Waals surface area contributed by atoms with E-state index in [1.165, 1.54) is 0 Å². The second kappa shape index (κ2) is 5.61. The van der Waals surface area contributed by atoms with Crippen LogP contribution in [0, 0.1) is 17.5 Å². The summed E-state index contributed by atoms with van der Waals surface area (Å²) in [6.07, 6.45) is 1.61. The lowest BCUT2D eigenvalue weighted by atomic mass is 9.96. The van der Waals surface area contributed by atoms with Crippen molar-refractivity contribution in [2.75, 3.05) is 0 Å². The number of hydrogen-bond acceptors (Lipinski definition) is 1. The Bertz CT molecular complexity index is 551. The number of alkyl halides is 1. The zero-order valence-corrected chi connectivity index (χ0v) is 10.8. The molecule has 0 saturated heterocycles. The fourth-order valence-corrected chi connectivity index (χ4v) is 2.07. The summed E-state index contributed by atoms with van der Waals surface area (Å²) in [5.74, 6) is -4.23. The van der Waals surface area contributed by atoms with E-state index in [0.29, 0.717) is 5.69 Å². The molecule has 0 bridgehead atoms. The molecule has 0 saturated carbocycles. The van der Waals surface area contributed by atoms with E-state index in [1.54, 1.807) is 31.3 Å². The second-order valence-corrected chi connectivity index (χ2v) is 4.71. The smallest absolute Gasteiger partial charge is 0.194 e. The van der Waals surface area contributed by atoms with E-state index in [0.717, 1.165) is 12.1 Å². The number of aromatic nitrogens is 1. The largest absolute Gasteiger partial charge is 0.261 e. The Morgan fingerprint density at radius 1 is 1.11 bits per heavy atom. The van der Waals surface area contributed by atoms with Crippen molar-refractivity contribution < 1.29 is 13.2 Å². The van der Waals surface area contributed by atoms with Gasteiger partial charge in [0.2, 0.25) is 0 Å². The molecule has 1 aromatic heterocycles. The van der Waals surface area contributed by atoms with Crippen LogP contribution in [0.3, 0.4) is 0 Å². The Labute approximate surface area is 114 Å². The second-order valence-electron chi connectivity index (χ2n) is 4.24. The van der Waals surface area contributed by atoms with Gasteiger partial charge in [0.1, 0.15) is 0 Å². The normalized spacial score (nSPS) is 14.2. The van der Waals surface area contributed by atoms with Crippen LogP contribution in [0.25, 0.3) is 0 Å². The van der Waals surface area contributed by atoms with Crippen molar-refractivity contribution in [3.8, 4) is 0 Å². The average molecular weight is 286 g/mol. The van der Waals surface area contributed by atoms with Crippen molar-refractivity contribution in [3.05, 3.63) is 65.2 Å². The van der Waals surface area contributed by atoms with Crippen molar-refractivity contribution in [2.24, 2.45) is 0 Å². The SMILES string of the molecule is CC(c1ccccn1)C(Cl)c1cc(F)c(F)c(F)c1. The average Bonchev–Trinajstić information content (AvgIpc) is 2.43.